The normalized spacial score (nSPS) is 12.5. The van der Waals surface area contributed by atoms with Gasteiger partial charge < -0.3 is 9.29 Å². The van der Waals surface area contributed by atoms with E-state index in [0.29, 0.717) is 0 Å². The zero-order chi connectivity index (χ0) is 9.14. The minimum atomic E-state index is -2.37. The highest BCUT2D eigenvalue weighted by atomic mass is 32.2. The number of thiophene rings is 1. The molecule has 12 heavy (non-hydrogen) atoms. The maximum Gasteiger partial charge on any atom is 0.349 e. The van der Waals surface area contributed by atoms with Gasteiger partial charge in [0.25, 0.3) is 0 Å². The van der Waals surface area contributed by atoms with Gasteiger partial charge in [-0.3, -0.25) is 4.21 Å². The molecule has 1 heterocycles. The van der Waals surface area contributed by atoms with Gasteiger partial charge in [0.15, 0.2) is 0 Å². The Labute approximate surface area is 75.5 Å². The van der Waals surface area contributed by atoms with Crippen molar-refractivity contribution in [1.82, 2.24) is 0 Å². The second-order valence-corrected chi connectivity index (χ2v) is 3.67. The third kappa shape index (κ3) is 1.71. The highest BCUT2D eigenvalue weighted by Crippen LogP contribution is 2.20. The molecule has 1 rings (SSSR count). The molecule has 1 aromatic heterocycles. The Morgan fingerprint density at radius 2 is 2.42 bits per heavy atom. The maximum atomic E-state index is 10.9. The van der Waals surface area contributed by atoms with Crippen LogP contribution in [0.2, 0.25) is 0 Å². The van der Waals surface area contributed by atoms with Crippen molar-refractivity contribution in [2.45, 2.75) is 4.90 Å². The summed E-state index contributed by atoms with van der Waals surface area (Å²) in [4.78, 5) is 11.0. The van der Waals surface area contributed by atoms with Crippen molar-refractivity contribution in [2.75, 3.05) is 7.11 Å². The van der Waals surface area contributed by atoms with Crippen molar-refractivity contribution in [2.24, 2.45) is 0 Å². The lowest BCUT2D eigenvalue weighted by Gasteiger charge is -2.03. The summed E-state index contributed by atoms with van der Waals surface area (Å²) in [5.41, 5.74) is 0. The number of ether oxygens (including phenoxy) is 1. The molecule has 0 saturated carbocycles. The molecule has 0 saturated heterocycles. The molecule has 0 aromatic carbocycles. The third-order valence-corrected chi connectivity index (χ3v) is 2.90. The van der Waals surface area contributed by atoms with Crippen molar-refractivity contribution in [1.29, 1.82) is 0 Å². The molecule has 0 N–H and O–H groups in total. The van der Waals surface area contributed by atoms with Crippen LogP contribution in [0.25, 0.3) is 0 Å². The molecule has 0 aliphatic rings. The second-order valence-electron chi connectivity index (χ2n) is 1.84. The van der Waals surface area contributed by atoms with Crippen LogP contribution >= 0.6 is 11.3 Å². The zero-order valence-electron chi connectivity index (χ0n) is 6.10. The van der Waals surface area contributed by atoms with Gasteiger partial charge in [-0.05, 0) is 22.5 Å². The Bertz CT molecular complexity index is 317. The summed E-state index contributed by atoms with van der Waals surface area (Å²) in [5.74, 6) is -0.621. The largest absolute Gasteiger partial charge is 0.768 e. The second kappa shape index (κ2) is 3.79. The van der Waals surface area contributed by atoms with Crippen LogP contribution in [-0.2, 0) is 15.8 Å². The summed E-state index contributed by atoms with van der Waals surface area (Å²) in [6, 6.07) is 1.36. The predicted molar refractivity (Wildman–Crippen MR) is 42.8 cm³/mol. The van der Waals surface area contributed by atoms with Crippen LogP contribution in [0, 0.1) is 0 Å². The summed E-state index contributed by atoms with van der Waals surface area (Å²) in [6.45, 7) is 0. The SMILES string of the molecule is COC(=O)c1sccc1S(=O)[O-]. The van der Waals surface area contributed by atoms with Crippen LogP contribution in [0.3, 0.4) is 0 Å². The fourth-order valence-electron chi connectivity index (χ4n) is 0.670. The number of hydrogen-bond acceptors (Lipinski definition) is 5. The fraction of sp³-hybridized carbons (Fsp3) is 0.167. The van der Waals surface area contributed by atoms with Crippen LogP contribution in [-0.4, -0.2) is 21.8 Å². The average Bonchev–Trinajstić information content (AvgIpc) is 2.50. The molecule has 4 nitrogen and oxygen atoms in total. The van der Waals surface area contributed by atoms with Crippen LogP contribution < -0.4 is 0 Å². The Hall–Kier alpha value is -0.720. The van der Waals surface area contributed by atoms with E-state index in [1.54, 1.807) is 0 Å². The van der Waals surface area contributed by atoms with Crippen molar-refractivity contribution < 1.29 is 18.3 Å². The maximum absolute atomic E-state index is 10.9. The topological polar surface area (TPSA) is 66.4 Å². The quantitative estimate of drug-likeness (QED) is 0.528. The minimum Gasteiger partial charge on any atom is -0.768 e. The van der Waals surface area contributed by atoms with E-state index in [0.717, 1.165) is 11.3 Å². The first-order valence-electron chi connectivity index (χ1n) is 2.92. The Balaban J connectivity index is 3.07. The monoisotopic (exact) mass is 205 g/mol. The molecule has 0 bridgehead atoms. The molecule has 1 unspecified atom stereocenters. The summed E-state index contributed by atoms with van der Waals surface area (Å²) in [6.07, 6.45) is 0. The number of esters is 1. The number of methoxy groups -OCH3 is 1. The molecular weight excluding hydrogens is 200 g/mol. The van der Waals surface area contributed by atoms with E-state index in [9.17, 15) is 13.6 Å². The van der Waals surface area contributed by atoms with Gasteiger partial charge >= 0.3 is 5.97 Å². The molecule has 0 amide bonds. The molecule has 0 spiro atoms. The first-order valence-corrected chi connectivity index (χ1v) is 4.87. The molecule has 1 atom stereocenters. The Morgan fingerprint density at radius 3 is 2.92 bits per heavy atom. The lowest BCUT2D eigenvalue weighted by atomic mass is 10.5. The minimum absolute atomic E-state index is 0.00755. The highest BCUT2D eigenvalue weighted by Gasteiger charge is 2.13. The molecule has 0 aliphatic heterocycles. The molecular formula is C6H5O4S2-. The van der Waals surface area contributed by atoms with Crippen molar-refractivity contribution >= 4 is 28.4 Å². The average molecular weight is 205 g/mol. The van der Waals surface area contributed by atoms with Crippen LogP contribution in [0.1, 0.15) is 9.67 Å². The van der Waals surface area contributed by atoms with Gasteiger partial charge in [0.05, 0.1) is 12.0 Å². The van der Waals surface area contributed by atoms with Crippen LogP contribution in [0.15, 0.2) is 16.3 Å². The molecule has 0 radical (unpaired) electrons. The first kappa shape index (κ1) is 9.37. The van der Waals surface area contributed by atoms with Gasteiger partial charge in [-0.2, -0.15) is 0 Å². The lowest BCUT2D eigenvalue weighted by molar-refractivity contribution is 0.0602. The van der Waals surface area contributed by atoms with Crippen LogP contribution in [0.4, 0.5) is 0 Å². The summed E-state index contributed by atoms with van der Waals surface area (Å²) < 4.78 is 25.4. The van der Waals surface area contributed by atoms with Gasteiger partial charge in [0.2, 0.25) is 0 Å². The van der Waals surface area contributed by atoms with E-state index < -0.39 is 17.0 Å². The smallest absolute Gasteiger partial charge is 0.349 e. The van der Waals surface area contributed by atoms with E-state index in [-0.39, 0.29) is 9.77 Å². The predicted octanol–water partition coefficient (Wildman–Crippen LogP) is 0.773. The van der Waals surface area contributed by atoms with Gasteiger partial charge in [-0.1, -0.05) is 0 Å². The van der Waals surface area contributed by atoms with Crippen molar-refractivity contribution in [3.05, 3.63) is 16.3 Å². The summed E-state index contributed by atoms with van der Waals surface area (Å²) in [7, 11) is 1.21. The molecule has 6 heteroatoms. The van der Waals surface area contributed by atoms with E-state index in [4.69, 9.17) is 0 Å². The van der Waals surface area contributed by atoms with Gasteiger partial charge in [-0.15, -0.1) is 11.3 Å². The van der Waals surface area contributed by atoms with E-state index >= 15 is 0 Å². The highest BCUT2D eigenvalue weighted by molar-refractivity contribution is 7.79. The third-order valence-electron chi connectivity index (χ3n) is 1.18. The van der Waals surface area contributed by atoms with E-state index in [1.165, 1.54) is 18.6 Å². The fourth-order valence-corrected chi connectivity index (χ4v) is 2.22. The Kier molecular flexibility index (Phi) is 2.96. The number of carbonyl (C=O) groups is 1. The lowest BCUT2D eigenvalue weighted by Crippen LogP contribution is -2.02. The first-order chi connectivity index (χ1) is 5.66. The van der Waals surface area contributed by atoms with E-state index in [2.05, 4.69) is 4.74 Å². The molecule has 1 aromatic rings. The number of hydrogen-bond donors (Lipinski definition) is 0. The Morgan fingerprint density at radius 1 is 1.75 bits per heavy atom. The van der Waals surface area contributed by atoms with Gasteiger partial charge in [-0.25, -0.2) is 4.79 Å². The number of carbonyl (C=O) groups excluding carboxylic acids is 1. The van der Waals surface area contributed by atoms with Crippen molar-refractivity contribution in [3.8, 4) is 0 Å². The van der Waals surface area contributed by atoms with Gasteiger partial charge in [0, 0.05) is 0 Å². The number of rotatable bonds is 2. The zero-order valence-corrected chi connectivity index (χ0v) is 7.74. The van der Waals surface area contributed by atoms with Crippen LogP contribution in [0.5, 0.6) is 0 Å². The molecule has 66 valence electrons. The van der Waals surface area contributed by atoms with Gasteiger partial charge in [0.1, 0.15) is 4.88 Å². The molecule has 0 aliphatic carbocycles. The van der Waals surface area contributed by atoms with E-state index in [1.807, 2.05) is 0 Å². The summed E-state index contributed by atoms with van der Waals surface area (Å²) in [5, 5.41) is 1.53. The van der Waals surface area contributed by atoms with Crippen molar-refractivity contribution in [3.63, 3.8) is 0 Å². The summed E-state index contributed by atoms with van der Waals surface area (Å²) >= 11 is -1.33. The standard InChI is InChI=1S/C6H6O4S2/c1-10-6(7)5-4(12(8)9)2-3-11-5/h2-3H,1H3,(H,8,9)/p-1. The molecule has 0 fully saturated rings.